The van der Waals surface area contributed by atoms with Crippen molar-refractivity contribution in [2.45, 2.75) is 18.5 Å². The summed E-state index contributed by atoms with van der Waals surface area (Å²) in [4.78, 5) is 28.9. The fourth-order valence-electron chi connectivity index (χ4n) is 2.71. The van der Waals surface area contributed by atoms with Crippen LogP contribution in [-0.4, -0.2) is 43.4 Å². The average Bonchev–Trinajstić information content (AvgIpc) is 3.05. The van der Waals surface area contributed by atoms with Gasteiger partial charge < -0.3 is 15.0 Å². The number of thioether (sulfide) groups is 1. The van der Waals surface area contributed by atoms with Crippen molar-refractivity contribution in [3.05, 3.63) is 34.4 Å². The van der Waals surface area contributed by atoms with Crippen LogP contribution in [0.25, 0.3) is 6.08 Å². The Morgan fingerprint density at radius 2 is 2.43 bits per heavy atom. The van der Waals surface area contributed by atoms with E-state index < -0.39 is 5.97 Å². The molecule has 108 valence electrons. The number of carboxylic acid groups (broad SMARTS) is 1. The van der Waals surface area contributed by atoms with Gasteiger partial charge in [-0.05, 0) is 6.08 Å². The Kier molecular flexibility index (Phi) is 2.69. The quantitative estimate of drug-likeness (QED) is 0.600. The van der Waals surface area contributed by atoms with E-state index in [1.54, 1.807) is 6.08 Å². The monoisotopic (exact) mass is 304 g/mol. The summed E-state index contributed by atoms with van der Waals surface area (Å²) in [6.07, 6.45) is 3.70. The molecule has 1 unspecified atom stereocenters. The molecule has 1 saturated heterocycles. The van der Waals surface area contributed by atoms with Crippen molar-refractivity contribution in [1.82, 2.24) is 19.8 Å². The number of carbonyl (C=O) groups excluding carboxylic acids is 1. The molecule has 0 saturated carbocycles. The number of carbonyl (C=O) groups is 2. The lowest BCUT2D eigenvalue weighted by Gasteiger charge is -2.36. The highest BCUT2D eigenvalue weighted by Crippen LogP contribution is 2.44. The molecule has 0 radical (unpaired) electrons. The maximum atomic E-state index is 12.1. The van der Waals surface area contributed by atoms with Gasteiger partial charge in [-0.2, -0.15) is 0 Å². The van der Waals surface area contributed by atoms with Gasteiger partial charge in [0.1, 0.15) is 16.9 Å². The highest BCUT2D eigenvalue weighted by Gasteiger charge is 2.49. The summed E-state index contributed by atoms with van der Waals surface area (Å²) in [7, 11) is 0. The van der Waals surface area contributed by atoms with E-state index in [1.165, 1.54) is 22.1 Å². The van der Waals surface area contributed by atoms with Gasteiger partial charge in [0.2, 0.25) is 0 Å². The van der Waals surface area contributed by atoms with Crippen molar-refractivity contribution in [1.29, 1.82) is 0 Å². The molecule has 0 spiro atoms. The Morgan fingerprint density at radius 3 is 3.19 bits per heavy atom. The van der Waals surface area contributed by atoms with E-state index in [0.717, 1.165) is 31.2 Å². The highest BCUT2D eigenvalue weighted by molar-refractivity contribution is 8.03. The number of fused-ring (bicyclic) bond motifs is 2. The van der Waals surface area contributed by atoms with Crippen LogP contribution in [0.4, 0.5) is 0 Å². The molecule has 1 aromatic rings. The molecule has 4 heterocycles. The van der Waals surface area contributed by atoms with Gasteiger partial charge in [-0.1, -0.05) is 0 Å². The van der Waals surface area contributed by atoms with Gasteiger partial charge in [0.05, 0.1) is 17.8 Å². The second kappa shape index (κ2) is 4.47. The predicted molar refractivity (Wildman–Crippen MR) is 75.9 cm³/mol. The smallest absolute Gasteiger partial charge is 0.353 e. The third-order valence-corrected chi connectivity index (χ3v) is 4.83. The predicted octanol–water partition coefficient (Wildman–Crippen LogP) is 0.211. The fourth-order valence-corrected chi connectivity index (χ4v) is 3.82. The molecule has 2 N–H and O–H groups in total. The fraction of sp³-hybridized carbons (Fsp3) is 0.308. The summed E-state index contributed by atoms with van der Waals surface area (Å²) in [5.74, 6) is -0.358. The Hall–Kier alpha value is -2.06. The molecule has 0 aliphatic carbocycles. The minimum absolute atomic E-state index is 0.0560. The van der Waals surface area contributed by atoms with E-state index >= 15 is 0 Å². The summed E-state index contributed by atoms with van der Waals surface area (Å²) in [5, 5.41) is 13.6. The number of aliphatic carboxylic acids is 1. The first-order valence-electron chi connectivity index (χ1n) is 6.56. The molecular formula is C13H12N4O3S. The maximum Gasteiger partial charge on any atom is 0.353 e. The van der Waals surface area contributed by atoms with Crippen LogP contribution in [0.3, 0.4) is 0 Å². The van der Waals surface area contributed by atoms with E-state index in [2.05, 4.69) is 14.9 Å². The minimum atomic E-state index is -1.07. The Morgan fingerprint density at radius 1 is 1.57 bits per heavy atom. The molecule has 0 bridgehead atoms. The number of nitrogens with zero attached hydrogens (tertiary/aromatic N) is 3. The van der Waals surface area contributed by atoms with Gasteiger partial charge in [0.25, 0.3) is 5.91 Å². The van der Waals surface area contributed by atoms with Gasteiger partial charge >= 0.3 is 5.97 Å². The second-order valence-electron chi connectivity index (χ2n) is 5.02. The molecule has 1 atom stereocenters. The van der Waals surface area contributed by atoms with E-state index in [-0.39, 0.29) is 17.0 Å². The summed E-state index contributed by atoms with van der Waals surface area (Å²) in [5.41, 5.74) is 1.41. The van der Waals surface area contributed by atoms with Gasteiger partial charge in [-0.25, -0.2) is 9.78 Å². The molecule has 8 heteroatoms. The number of hydrogen-bond acceptors (Lipinski definition) is 5. The molecular weight excluding hydrogens is 292 g/mol. The number of nitrogens with one attached hydrogen (secondary N) is 1. The largest absolute Gasteiger partial charge is 0.477 e. The standard InChI is InChI=1S/C13H12N4O3S/c18-11-8(12-17(11)9(6-21-12)13(19)20)3-7-5-16-2-1-14-4-10(16)15-7/h3,5-6,12,14H,1-2,4H2,(H,19,20)/b8-3-. The molecule has 1 fully saturated rings. The van der Waals surface area contributed by atoms with Crippen LogP contribution in [0.2, 0.25) is 0 Å². The number of aromatic nitrogens is 2. The van der Waals surface area contributed by atoms with Crippen molar-refractivity contribution < 1.29 is 14.7 Å². The van der Waals surface area contributed by atoms with Crippen LogP contribution in [0.1, 0.15) is 11.5 Å². The summed E-state index contributed by atoms with van der Waals surface area (Å²) >= 11 is 1.34. The maximum absolute atomic E-state index is 12.1. The molecule has 3 aliphatic rings. The topological polar surface area (TPSA) is 87.5 Å². The minimum Gasteiger partial charge on any atom is -0.477 e. The van der Waals surface area contributed by atoms with Crippen molar-refractivity contribution in [2.75, 3.05) is 6.54 Å². The third kappa shape index (κ3) is 1.83. The van der Waals surface area contributed by atoms with Gasteiger partial charge in [0, 0.05) is 24.7 Å². The van der Waals surface area contributed by atoms with Crippen LogP contribution in [0, 0.1) is 0 Å². The van der Waals surface area contributed by atoms with Crippen molar-refractivity contribution >= 4 is 29.7 Å². The number of hydrogen-bond donors (Lipinski definition) is 2. The molecule has 1 aromatic heterocycles. The Bertz CT molecular complexity index is 697. The Labute approximate surface area is 124 Å². The van der Waals surface area contributed by atoms with Crippen LogP contribution in [-0.2, 0) is 22.7 Å². The number of rotatable bonds is 2. The Balaban J connectivity index is 1.60. The van der Waals surface area contributed by atoms with E-state index in [4.69, 9.17) is 5.11 Å². The SMILES string of the molecule is O=C(O)C1=CSC2/C(=C\c3cn4c(n3)CNCC4)C(=O)N12. The molecule has 0 aromatic carbocycles. The van der Waals surface area contributed by atoms with Crippen LogP contribution in [0.5, 0.6) is 0 Å². The zero-order valence-corrected chi connectivity index (χ0v) is 11.8. The molecule has 4 rings (SSSR count). The zero-order chi connectivity index (χ0) is 14.6. The first-order valence-corrected chi connectivity index (χ1v) is 7.50. The van der Waals surface area contributed by atoms with Crippen LogP contribution >= 0.6 is 11.8 Å². The van der Waals surface area contributed by atoms with Gasteiger partial charge in [-0.15, -0.1) is 11.8 Å². The van der Waals surface area contributed by atoms with E-state index in [9.17, 15) is 9.59 Å². The van der Waals surface area contributed by atoms with Crippen molar-refractivity contribution in [2.24, 2.45) is 0 Å². The lowest BCUT2D eigenvalue weighted by Crippen LogP contribution is -2.51. The highest BCUT2D eigenvalue weighted by atomic mass is 32.2. The van der Waals surface area contributed by atoms with Crippen LogP contribution in [0.15, 0.2) is 22.9 Å². The van der Waals surface area contributed by atoms with E-state index in [0.29, 0.717) is 5.57 Å². The number of carboxylic acids is 1. The molecule has 1 amide bonds. The normalized spacial score (nSPS) is 25.4. The van der Waals surface area contributed by atoms with Gasteiger partial charge in [0.15, 0.2) is 0 Å². The summed E-state index contributed by atoms with van der Waals surface area (Å²) in [6, 6.07) is 0. The van der Waals surface area contributed by atoms with Crippen molar-refractivity contribution in [3.8, 4) is 0 Å². The lowest BCUT2D eigenvalue weighted by atomic mass is 10.0. The average molecular weight is 304 g/mol. The summed E-state index contributed by atoms with van der Waals surface area (Å²) < 4.78 is 2.08. The first-order chi connectivity index (χ1) is 10.1. The zero-order valence-electron chi connectivity index (χ0n) is 10.9. The van der Waals surface area contributed by atoms with Crippen LogP contribution < -0.4 is 5.32 Å². The van der Waals surface area contributed by atoms with Gasteiger partial charge in [-0.3, -0.25) is 9.69 Å². The first kappa shape index (κ1) is 12.7. The molecule has 21 heavy (non-hydrogen) atoms. The number of β-lactam (4-membered cyclic amide) rings is 1. The van der Waals surface area contributed by atoms with Crippen molar-refractivity contribution in [3.63, 3.8) is 0 Å². The molecule has 3 aliphatic heterocycles. The third-order valence-electron chi connectivity index (χ3n) is 3.75. The number of amides is 1. The van der Waals surface area contributed by atoms with E-state index in [1.807, 2.05) is 6.20 Å². The molecule has 7 nitrogen and oxygen atoms in total. The lowest BCUT2D eigenvalue weighted by molar-refractivity contribution is -0.141. The second-order valence-corrected chi connectivity index (χ2v) is 5.98. The summed E-state index contributed by atoms with van der Waals surface area (Å²) in [6.45, 7) is 2.51. The number of imidazole rings is 1.